The fourth-order valence-electron chi connectivity index (χ4n) is 0. The van der Waals surface area contributed by atoms with Gasteiger partial charge >= 0.3 is 33.3 Å². The van der Waals surface area contributed by atoms with Gasteiger partial charge in [0.25, 0.3) is 0 Å². The van der Waals surface area contributed by atoms with Gasteiger partial charge in [0.15, 0.2) is 0 Å². The van der Waals surface area contributed by atoms with Gasteiger partial charge in [-0.25, -0.2) is 0 Å². The van der Waals surface area contributed by atoms with Crippen LogP contribution in [0.2, 0.25) is 0 Å². The van der Waals surface area contributed by atoms with Crippen LogP contribution in [-0.4, -0.2) is 0 Å². The fraction of sp³-hybridized carbons (Fsp3) is 0. The molecule has 29 valence electrons. The van der Waals surface area contributed by atoms with Crippen LogP contribution in [0.4, 0.5) is 0 Å². The first-order valence-corrected chi connectivity index (χ1v) is 3.53. The molecule has 4 heteroatoms. The first-order chi connectivity index (χ1) is 1.41. The van der Waals surface area contributed by atoms with Crippen molar-refractivity contribution in [2.45, 2.75) is 0 Å². The monoisotopic (exact) mass is 161 g/mol. The molecule has 0 heterocycles. The summed E-state index contributed by atoms with van der Waals surface area (Å²) in [4.78, 5) is 0. The molecule has 0 fully saturated rings. The molecule has 0 amide bonds. The van der Waals surface area contributed by atoms with Crippen molar-refractivity contribution < 1.29 is 13.1 Å². The Balaban J connectivity index is 0. The summed E-state index contributed by atoms with van der Waals surface area (Å²) in [5.41, 5.74) is 0. The van der Waals surface area contributed by atoms with Crippen LogP contribution in [0.1, 0.15) is 0 Å². The molecule has 0 N–H and O–H groups in total. The van der Waals surface area contributed by atoms with E-state index in [1.54, 1.807) is 0 Å². The molecular weight excluding hydrogens is 161 g/mol. The van der Waals surface area contributed by atoms with Gasteiger partial charge in [0.05, 0.1) is 0 Å². The summed E-state index contributed by atoms with van der Waals surface area (Å²) in [5.74, 6) is 0. The van der Waals surface area contributed by atoms with E-state index in [1.165, 1.54) is 0 Å². The van der Waals surface area contributed by atoms with E-state index in [0.29, 0.717) is 0 Å². The van der Waals surface area contributed by atoms with E-state index in [1.807, 2.05) is 0 Å². The number of halogens is 3. The van der Waals surface area contributed by atoms with Crippen LogP contribution in [0.25, 0.3) is 0 Å². The Labute approximate surface area is 45.9 Å². The zero-order valence-electron chi connectivity index (χ0n) is 1.54. The molecule has 0 nitrogen and oxygen atoms in total. The van der Waals surface area contributed by atoms with Gasteiger partial charge in [-0.1, -0.05) is 0 Å². The maximum absolute atomic E-state index is 4.80. The second-order valence-corrected chi connectivity index (χ2v) is 2.00. The molecule has 0 spiro atoms. The summed E-state index contributed by atoms with van der Waals surface area (Å²) in [6.07, 6.45) is 0. The zero-order chi connectivity index (χ0) is 2.71. The molecule has 0 aliphatic heterocycles. The molecule has 0 bridgehead atoms. The summed E-state index contributed by atoms with van der Waals surface area (Å²) in [6, 6.07) is 0. The molecule has 0 atom stereocenters. The van der Waals surface area contributed by atoms with Crippen molar-refractivity contribution in [2.75, 3.05) is 0 Å². The van der Waals surface area contributed by atoms with Gasteiger partial charge in [-0.05, 0) is 0 Å². The first-order valence-electron chi connectivity index (χ1n) is 0.286. The van der Waals surface area contributed by atoms with Gasteiger partial charge < -0.3 is 0 Å². The average molecular weight is 162 g/mol. The predicted octanol–water partition coefficient (Wildman–Crippen LogP) is 1.80. The Morgan fingerprint density at radius 2 is 1.25 bits per heavy atom. The topological polar surface area (TPSA) is 0 Å². The van der Waals surface area contributed by atoms with E-state index in [4.69, 9.17) is 20.2 Å². The number of hydrogen-bond donors (Lipinski definition) is 0. The van der Waals surface area contributed by atoms with Gasteiger partial charge in [-0.15, -0.1) is 12.4 Å². The second-order valence-electron chi connectivity index (χ2n) is 0.0540. The Morgan fingerprint density at radius 1 is 1.25 bits per heavy atom. The molecule has 0 aliphatic rings. The van der Waals surface area contributed by atoms with Gasteiger partial charge in [0, 0.05) is 0 Å². The van der Waals surface area contributed by atoms with Crippen LogP contribution in [0.3, 0.4) is 0 Å². The third-order valence-corrected chi connectivity index (χ3v) is 0. The van der Waals surface area contributed by atoms with Gasteiger partial charge in [0.1, 0.15) is 0 Å². The van der Waals surface area contributed by atoms with Crippen LogP contribution >= 0.6 is 32.6 Å². The summed E-state index contributed by atoms with van der Waals surface area (Å²) in [7, 11) is 9.59. The minimum atomic E-state index is 0. The molecule has 0 aliphatic carbocycles. The Bertz CT molecular complexity index is 3.25. The Hall–Kier alpha value is 1.39. The average Bonchev–Trinajstić information content (AvgIpc) is 0.918. The van der Waals surface area contributed by atoms with E-state index < -0.39 is 0 Å². The molecule has 0 unspecified atom stereocenters. The molecule has 0 aromatic rings. The van der Waals surface area contributed by atoms with E-state index >= 15 is 0 Å². The first kappa shape index (κ1) is 9.04. The molecule has 0 aromatic carbocycles. The van der Waals surface area contributed by atoms with E-state index in [9.17, 15) is 0 Å². The van der Waals surface area contributed by atoms with Crippen molar-refractivity contribution in [1.29, 1.82) is 0 Å². The summed E-state index contributed by atoms with van der Waals surface area (Å²) in [6.45, 7) is 0. The molecule has 0 saturated carbocycles. The van der Waals surface area contributed by atoms with Gasteiger partial charge in [-0.2, -0.15) is 0 Å². The minimum absolute atomic E-state index is 0. The molecule has 0 radical (unpaired) electrons. The Kier molecular flexibility index (Phi) is 20.0. The number of hydrogen-bond acceptors (Lipinski definition) is 0. The van der Waals surface area contributed by atoms with E-state index in [0.717, 1.165) is 0 Å². The molecule has 0 rings (SSSR count). The van der Waals surface area contributed by atoms with Crippen LogP contribution in [0.15, 0.2) is 0 Å². The number of rotatable bonds is 0. The standard InChI is InChI=1S/3ClH.Mn/h3*1H;/q;;;+2/p-2. The quantitative estimate of drug-likeness (QED) is 0.476. The summed E-state index contributed by atoms with van der Waals surface area (Å²) >= 11 is 0.00694. The second kappa shape index (κ2) is 8.83. The summed E-state index contributed by atoms with van der Waals surface area (Å²) < 4.78 is 0. The Morgan fingerprint density at radius 3 is 1.25 bits per heavy atom. The van der Waals surface area contributed by atoms with Crippen LogP contribution in [0, 0.1) is 0 Å². The zero-order valence-corrected chi connectivity index (χ0v) is 5.05. The van der Waals surface area contributed by atoms with E-state index in [-0.39, 0.29) is 25.5 Å². The maximum atomic E-state index is 4.80. The molecule has 4 heavy (non-hydrogen) atoms. The molecule has 0 aromatic heterocycles. The van der Waals surface area contributed by atoms with Crippen molar-refractivity contribution in [3.63, 3.8) is 0 Å². The SMILES string of the molecule is Cl.[Cl][Mn][Cl]. The fourth-order valence-corrected chi connectivity index (χ4v) is 0. The van der Waals surface area contributed by atoms with Crippen molar-refractivity contribution in [2.24, 2.45) is 0 Å². The van der Waals surface area contributed by atoms with Crippen LogP contribution < -0.4 is 0 Å². The van der Waals surface area contributed by atoms with Crippen molar-refractivity contribution in [1.82, 2.24) is 0 Å². The summed E-state index contributed by atoms with van der Waals surface area (Å²) in [5, 5.41) is 0. The van der Waals surface area contributed by atoms with Crippen LogP contribution in [-0.2, 0) is 13.1 Å². The van der Waals surface area contributed by atoms with Crippen LogP contribution in [0.5, 0.6) is 0 Å². The van der Waals surface area contributed by atoms with Gasteiger partial charge in [-0.3, -0.25) is 0 Å². The molecular formula is HCl3Mn. The van der Waals surface area contributed by atoms with E-state index in [2.05, 4.69) is 0 Å². The third-order valence-electron chi connectivity index (χ3n) is 0. The van der Waals surface area contributed by atoms with Crippen molar-refractivity contribution in [3.8, 4) is 0 Å². The van der Waals surface area contributed by atoms with Crippen molar-refractivity contribution in [3.05, 3.63) is 0 Å². The molecule has 0 saturated heterocycles. The normalized spacial score (nSPS) is 4.50. The van der Waals surface area contributed by atoms with Crippen molar-refractivity contribution >= 4 is 32.6 Å². The predicted molar refractivity (Wildman–Crippen MR) is 19.0 cm³/mol. The third kappa shape index (κ3) is 10.0. The van der Waals surface area contributed by atoms with Gasteiger partial charge in [0.2, 0.25) is 0 Å².